The highest BCUT2D eigenvalue weighted by Crippen LogP contribution is 2.24. The maximum atomic E-state index is 2.52. The van der Waals surface area contributed by atoms with Crippen LogP contribution in [0.2, 0.25) is 0 Å². The summed E-state index contributed by atoms with van der Waals surface area (Å²) < 4.78 is 0. The second-order valence-corrected chi connectivity index (χ2v) is 30.9. The zero-order valence-corrected chi connectivity index (χ0v) is 44.8. The Morgan fingerprint density at radius 1 is 0.120 bits per heavy atom. The van der Waals surface area contributed by atoms with Gasteiger partial charge in [-0.15, -0.1) is 0 Å². The predicted octanol–water partition coefficient (Wildman–Crippen LogP) is 9.15. The molecular weight excluding hydrogens is 949 g/mol. The molecule has 0 unspecified atom stereocenters. The molecule has 0 heterocycles. The smallest absolute Gasteiger partial charge is 0.0623 e. The van der Waals surface area contributed by atoms with Gasteiger partial charge in [-0.1, -0.05) is 340 Å². The molecule has 0 aliphatic heterocycles. The van der Waals surface area contributed by atoms with E-state index in [-0.39, 0.29) is 0 Å². The second-order valence-electron chi connectivity index (χ2n) is 19.5. The molecule has 0 radical (unpaired) electrons. The van der Waals surface area contributed by atoms with Crippen LogP contribution in [0.4, 0.5) is 0 Å². The Labute approximate surface area is 445 Å². The van der Waals surface area contributed by atoms with Gasteiger partial charge in [0.15, 0.2) is 24.2 Å². The molecule has 0 fully saturated rings. The lowest BCUT2D eigenvalue weighted by molar-refractivity contribution is 1.61. The van der Waals surface area contributed by atoms with E-state index < -0.39 is 24.2 Å². The van der Waals surface area contributed by atoms with Crippen molar-refractivity contribution in [2.75, 3.05) is 0 Å². The molecule has 0 bridgehead atoms. The van der Waals surface area contributed by atoms with Gasteiger partial charge in [0.2, 0.25) is 0 Å². The monoisotopic (exact) mass is 1000 g/mol. The molecule has 0 saturated heterocycles. The van der Waals surface area contributed by atoms with Gasteiger partial charge in [-0.25, -0.2) is 0 Å². The van der Waals surface area contributed by atoms with Gasteiger partial charge in [-0.05, 0) is 84.5 Å². The normalized spacial score (nSPS) is 11.7. The van der Waals surface area contributed by atoms with Gasteiger partial charge in [-0.2, -0.15) is 0 Å². The van der Waals surface area contributed by atoms with E-state index in [1.54, 1.807) is 0 Å². The summed E-state index contributed by atoms with van der Waals surface area (Å²) in [5, 5.41) is 16.3. The fraction of sp³-hybridized carbons (Fsp3) is 0. The van der Waals surface area contributed by atoms with Crippen LogP contribution in [0.1, 0.15) is 0 Å². The Morgan fingerprint density at radius 3 is 0.413 bits per heavy atom. The van der Waals surface area contributed by atoms with E-state index in [9.17, 15) is 0 Å². The minimum absolute atomic E-state index is 1.21. The topological polar surface area (TPSA) is 0 Å². The standard InChI is InChI=1S/C72H56Si3/c1-9-33-61(34-10-1)73(62-35-11-2-12-36-62,63-37-13-3-14-38-63)69-49-25-29-57(53-69)59-31-27-51-71(55-59)75(67-45-21-7-22-46-67,68-47-23-8-24-48-68)72-52-28-32-60(56-72)58-30-26-50-70(54-58)74(64-39-15-4-16-40-64,65-41-17-5-18-42-65)66-43-19-6-20-44-66/h1-56H. The van der Waals surface area contributed by atoms with Crippen LogP contribution < -0.4 is 62.2 Å². The SMILES string of the molecule is c1ccc([Si](c2ccccc2)(c2ccccc2)c2cccc(-c3cccc([Si](c4ccccc4)(c4ccccc4)c4cccc(-c5cccc([Si](c6ccccc6)(c6ccccc6)c6ccccc6)c5)c4)c3)c2)cc1. The zero-order chi connectivity index (χ0) is 50.3. The van der Waals surface area contributed by atoms with Crippen LogP contribution in [-0.2, 0) is 0 Å². The molecule has 0 nitrogen and oxygen atoms in total. The van der Waals surface area contributed by atoms with Crippen LogP contribution in [0, 0.1) is 0 Å². The first-order valence-electron chi connectivity index (χ1n) is 26.1. The molecule has 12 rings (SSSR count). The number of benzene rings is 12. The fourth-order valence-corrected chi connectivity index (χ4v) is 26.6. The van der Waals surface area contributed by atoms with Gasteiger partial charge < -0.3 is 0 Å². The van der Waals surface area contributed by atoms with Gasteiger partial charge in [-0.3, -0.25) is 0 Å². The molecule has 0 amide bonds. The maximum absolute atomic E-state index is 3.03. The summed E-state index contributed by atoms with van der Waals surface area (Å²) in [5.74, 6) is 0. The molecule has 3 heteroatoms. The average Bonchev–Trinajstić information content (AvgIpc) is 3.51. The third-order valence-electron chi connectivity index (χ3n) is 15.5. The van der Waals surface area contributed by atoms with E-state index in [4.69, 9.17) is 0 Å². The lowest BCUT2D eigenvalue weighted by Gasteiger charge is -2.36. The molecule has 12 aromatic rings. The van der Waals surface area contributed by atoms with Crippen molar-refractivity contribution in [2.24, 2.45) is 0 Å². The van der Waals surface area contributed by atoms with Crippen molar-refractivity contribution in [1.82, 2.24) is 0 Å². The van der Waals surface area contributed by atoms with Crippen molar-refractivity contribution in [3.05, 3.63) is 340 Å². The number of hydrogen-bond donors (Lipinski definition) is 0. The highest BCUT2D eigenvalue weighted by Gasteiger charge is 2.44. The fourth-order valence-electron chi connectivity index (χ4n) is 12.2. The molecule has 0 aliphatic rings. The van der Waals surface area contributed by atoms with E-state index in [1.165, 1.54) is 84.5 Å². The van der Waals surface area contributed by atoms with Crippen molar-refractivity contribution in [3.8, 4) is 22.3 Å². The molecule has 75 heavy (non-hydrogen) atoms. The summed E-state index contributed by atoms with van der Waals surface area (Å²) in [4.78, 5) is 0. The Bertz CT molecular complexity index is 3350. The van der Waals surface area contributed by atoms with Crippen LogP contribution in [0.15, 0.2) is 340 Å². The van der Waals surface area contributed by atoms with Crippen molar-refractivity contribution >= 4 is 86.5 Å². The van der Waals surface area contributed by atoms with Crippen LogP contribution in [0.5, 0.6) is 0 Å². The van der Waals surface area contributed by atoms with E-state index in [0.29, 0.717) is 0 Å². The van der Waals surface area contributed by atoms with Gasteiger partial charge in [0.25, 0.3) is 0 Å². The summed E-state index contributed by atoms with van der Waals surface area (Å²) in [6.45, 7) is 0. The summed E-state index contributed by atoms with van der Waals surface area (Å²) in [7, 11) is -8.58. The van der Waals surface area contributed by atoms with E-state index in [0.717, 1.165) is 0 Å². The Balaban J connectivity index is 1.05. The molecule has 0 spiro atoms. The minimum atomic E-state index is -3.03. The molecule has 0 aromatic heterocycles. The molecule has 356 valence electrons. The van der Waals surface area contributed by atoms with Crippen LogP contribution >= 0.6 is 0 Å². The molecule has 0 saturated carbocycles. The van der Waals surface area contributed by atoms with Crippen LogP contribution in [0.25, 0.3) is 22.3 Å². The Kier molecular flexibility index (Phi) is 13.3. The summed E-state index contributed by atoms with van der Waals surface area (Å²) >= 11 is 0. The predicted molar refractivity (Wildman–Crippen MR) is 328 cm³/mol. The quantitative estimate of drug-likeness (QED) is 0.0754. The van der Waals surface area contributed by atoms with Crippen LogP contribution in [0.3, 0.4) is 0 Å². The van der Waals surface area contributed by atoms with E-state index >= 15 is 0 Å². The van der Waals surface area contributed by atoms with Crippen molar-refractivity contribution < 1.29 is 0 Å². The first-order chi connectivity index (χ1) is 37.2. The first kappa shape index (κ1) is 47.3. The third kappa shape index (κ3) is 8.51. The Morgan fingerprint density at radius 2 is 0.253 bits per heavy atom. The average molecular weight is 1010 g/mol. The van der Waals surface area contributed by atoms with Gasteiger partial charge >= 0.3 is 0 Å². The van der Waals surface area contributed by atoms with Crippen LogP contribution in [-0.4, -0.2) is 24.2 Å². The number of hydrogen-bond acceptors (Lipinski definition) is 0. The minimum Gasteiger partial charge on any atom is -0.0623 e. The highest BCUT2D eigenvalue weighted by molar-refractivity contribution is 7.21. The van der Waals surface area contributed by atoms with Gasteiger partial charge in [0.1, 0.15) is 0 Å². The van der Waals surface area contributed by atoms with Gasteiger partial charge in [0, 0.05) is 0 Å². The lowest BCUT2D eigenvalue weighted by Crippen LogP contribution is -2.75. The Hall–Kier alpha value is -8.71. The van der Waals surface area contributed by atoms with Gasteiger partial charge in [0.05, 0.1) is 0 Å². The largest absolute Gasteiger partial charge is 0.179 e. The molecular formula is C72H56Si3. The summed E-state index contributed by atoms with van der Waals surface area (Å²) in [6.07, 6.45) is 0. The molecule has 0 N–H and O–H groups in total. The highest BCUT2D eigenvalue weighted by atomic mass is 28.3. The van der Waals surface area contributed by atoms with Crippen molar-refractivity contribution in [3.63, 3.8) is 0 Å². The number of rotatable bonds is 14. The first-order valence-corrected chi connectivity index (χ1v) is 32.1. The second kappa shape index (κ2) is 21.0. The molecule has 12 aromatic carbocycles. The molecule has 0 aliphatic carbocycles. The van der Waals surface area contributed by atoms with E-state index in [2.05, 4.69) is 340 Å². The van der Waals surface area contributed by atoms with Crippen molar-refractivity contribution in [1.29, 1.82) is 0 Å². The summed E-state index contributed by atoms with van der Waals surface area (Å²) in [5.41, 5.74) is 4.85. The zero-order valence-electron chi connectivity index (χ0n) is 41.8. The van der Waals surface area contributed by atoms with Crippen molar-refractivity contribution in [2.45, 2.75) is 0 Å². The third-order valence-corrected chi connectivity index (χ3v) is 29.8. The summed E-state index contributed by atoms with van der Waals surface area (Å²) in [6, 6.07) is 128. The maximum Gasteiger partial charge on any atom is 0.179 e. The molecule has 0 atom stereocenters. The van der Waals surface area contributed by atoms with E-state index in [1.807, 2.05) is 0 Å². The lowest BCUT2D eigenvalue weighted by atomic mass is 10.1.